The lowest BCUT2D eigenvalue weighted by molar-refractivity contribution is 0.583. The minimum Gasteiger partial charge on any atom is -0.350 e. The van der Waals surface area contributed by atoms with E-state index in [-0.39, 0.29) is 5.82 Å². The second-order valence-corrected chi connectivity index (χ2v) is 4.72. The maximum absolute atomic E-state index is 14.1. The van der Waals surface area contributed by atoms with Gasteiger partial charge in [-0.2, -0.15) is 0 Å². The lowest BCUT2D eigenvalue weighted by Crippen LogP contribution is -2.30. The Balaban J connectivity index is 2.29. The summed E-state index contributed by atoms with van der Waals surface area (Å²) in [5, 5.41) is 0.828. The van der Waals surface area contributed by atoms with E-state index in [2.05, 4.69) is 25.9 Å². The zero-order chi connectivity index (χ0) is 11.5. The minimum absolute atomic E-state index is 0.252. The molecule has 88 valence electrons. The quantitative estimate of drug-likeness (QED) is 0.780. The molecule has 0 aliphatic heterocycles. The Hall–Kier alpha value is -0.710. The van der Waals surface area contributed by atoms with Gasteiger partial charge in [0.15, 0.2) is 11.6 Å². The van der Waals surface area contributed by atoms with E-state index in [1.54, 1.807) is 0 Å². The van der Waals surface area contributed by atoms with Crippen molar-refractivity contribution in [1.82, 2.24) is 9.97 Å². The van der Waals surface area contributed by atoms with Crippen molar-refractivity contribution in [2.75, 3.05) is 16.8 Å². The van der Waals surface area contributed by atoms with E-state index < -0.39 is 0 Å². The zero-order valence-electron chi connectivity index (χ0n) is 9.29. The fourth-order valence-corrected chi connectivity index (χ4v) is 2.16. The van der Waals surface area contributed by atoms with Gasteiger partial charge in [0.2, 0.25) is 0 Å². The Kier molecular flexibility index (Phi) is 3.74. The molecule has 1 heterocycles. The number of aromatic nitrogens is 2. The molecule has 1 aliphatic rings. The highest BCUT2D eigenvalue weighted by Crippen LogP contribution is 2.32. The maximum Gasteiger partial charge on any atom is 0.187 e. The number of halogens is 2. The standard InChI is InChI=1S/C11H15BrFN3/c1-2-9-10(13)11(15-7-14-9)16(6-5-12)8-3-4-8/h7-8H,2-6H2,1H3. The first kappa shape index (κ1) is 11.8. The molecule has 0 amide bonds. The number of rotatable bonds is 5. The summed E-state index contributed by atoms with van der Waals surface area (Å²) in [7, 11) is 0. The predicted molar refractivity (Wildman–Crippen MR) is 65.5 cm³/mol. The summed E-state index contributed by atoms with van der Waals surface area (Å²) >= 11 is 3.40. The van der Waals surface area contributed by atoms with Crippen LogP contribution in [-0.2, 0) is 6.42 Å². The molecule has 0 atom stereocenters. The van der Waals surface area contributed by atoms with E-state index in [4.69, 9.17) is 0 Å². The minimum atomic E-state index is -0.252. The largest absolute Gasteiger partial charge is 0.350 e. The molecule has 16 heavy (non-hydrogen) atoms. The monoisotopic (exact) mass is 287 g/mol. The topological polar surface area (TPSA) is 29.0 Å². The third-order valence-corrected chi connectivity index (χ3v) is 3.12. The van der Waals surface area contributed by atoms with Gasteiger partial charge in [0.25, 0.3) is 0 Å². The molecule has 0 aromatic carbocycles. The Bertz CT molecular complexity index is 368. The first-order chi connectivity index (χ1) is 7.77. The molecule has 0 unspecified atom stereocenters. The van der Waals surface area contributed by atoms with Crippen molar-refractivity contribution < 1.29 is 4.39 Å². The number of hydrogen-bond donors (Lipinski definition) is 0. The van der Waals surface area contributed by atoms with Gasteiger partial charge in [0.05, 0.1) is 5.69 Å². The first-order valence-corrected chi connectivity index (χ1v) is 6.72. The van der Waals surface area contributed by atoms with Crippen LogP contribution in [0.1, 0.15) is 25.5 Å². The molecule has 0 N–H and O–H groups in total. The third-order valence-electron chi connectivity index (χ3n) is 2.76. The highest BCUT2D eigenvalue weighted by atomic mass is 79.9. The summed E-state index contributed by atoms with van der Waals surface area (Å²) in [6, 6.07) is 0.464. The number of anilines is 1. The normalized spacial score (nSPS) is 15.2. The van der Waals surface area contributed by atoms with Crippen LogP contribution < -0.4 is 4.90 Å². The first-order valence-electron chi connectivity index (χ1n) is 5.60. The SMILES string of the molecule is CCc1ncnc(N(CCBr)C2CC2)c1F. The second-order valence-electron chi connectivity index (χ2n) is 3.93. The molecule has 3 nitrogen and oxygen atoms in total. The molecular formula is C11H15BrFN3. The molecule has 0 saturated heterocycles. The average Bonchev–Trinajstić information content (AvgIpc) is 3.11. The van der Waals surface area contributed by atoms with Crippen LogP contribution in [0.25, 0.3) is 0 Å². The van der Waals surface area contributed by atoms with Gasteiger partial charge in [-0.15, -0.1) is 0 Å². The van der Waals surface area contributed by atoms with Crippen molar-refractivity contribution in [3.05, 3.63) is 17.8 Å². The van der Waals surface area contributed by atoms with E-state index in [0.29, 0.717) is 24.0 Å². The van der Waals surface area contributed by atoms with E-state index in [9.17, 15) is 4.39 Å². The van der Waals surface area contributed by atoms with Gasteiger partial charge in [-0.25, -0.2) is 14.4 Å². The summed E-state index contributed by atoms with van der Waals surface area (Å²) in [6.45, 7) is 2.70. The van der Waals surface area contributed by atoms with E-state index in [1.165, 1.54) is 6.33 Å². The Morgan fingerprint density at radius 2 is 2.25 bits per heavy atom. The molecule has 2 rings (SSSR count). The molecule has 0 bridgehead atoms. The Morgan fingerprint density at radius 3 is 2.81 bits per heavy atom. The number of nitrogens with zero attached hydrogens (tertiary/aromatic N) is 3. The highest BCUT2D eigenvalue weighted by molar-refractivity contribution is 9.09. The van der Waals surface area contributed by atoms with E-state index in [0.717, 1.165) is 24.7 Å². The van der Waals surface area contributed by atoms with Crippen LogP contribution in [0.5, 0.6) is 0 Å². The van der Waals surface area contributed by atoms with Crippen molar-refractivity contribution in [3.63, 3.8) is 0 Å². The summed E-state index contributed by atoms with van der Waals surface area (Å²) in [4.78, 5) is 10.1. The van der Waals surface area contributed by atoms with Gasteiger partial charge in [-0.05, 0) is 19.3 Å². The Morgan fingerprint density at radius 1 is 1.50 bits per heavy atom. The predicted octanol–water partition coefficient (Wildman–Crippen LogP) is 2.54. The summed E-state index contributed by atoms with van der Waals surface area (Å²) in [5.41, 5.74) is 0.505. The molecule has 1 aromatic rings. The van der Waals surface area contributed by atoms with Crippen LogP contribution in [0.4, 0.5) is 10.2 Å². The van der Waals surface area contributed by atoms with Crippen LogP contribution in [0, 0.1) is 5.82 Å². The molecule has 1 aliphatic carbocycles. The van der Waals surface area contributed by atoms with Crippen LogP contribution >= 0.6 is 15.9 Å². The van der Waals surface area contributed by atoms with Gasteiger partial charge in [0, 0.05) is 17.9 Å². The smallest absolute Gasteiger partial charge is 0.187 e. The molecule has 0 spiro atoms. The van der Waals surface area contributed by atoms with E-state index >= 15 is 0 Å². The summed E-state index contributed by atoms with van der Waals surface area (Å²) in [6.07, 6.45) is 4.34. The van der Waals surface area contributed by atoms with Crippen LogP contribution in [0.3, 0.4) is 0 Å². The fraction of sp³-hybridized carbons (Fsp3) is 0.636. The molecule has 1 saturated carbocycles. The zero-order valence-corrected chi connectivity index (χ0v) is 10.9. The fourth-order valence-electron chi connectivity index (χ4n) is 1.78. The second kappa shape index (κ2) is 5.08. The van der Waals surface area contributed by atoms with Crippen molar-refractivity contribution in [2.24, 2.45) is 0 Å². The van der Waals surface area contributed by atoms with Crippen molar-refractivity contribution in [2.45, 2.75) is 32.2 Å². The van der Waals surface area contributed by atoms with Gasteiger partial charge >= 0.3 is 0 Å². The third kappa shape index (κ3) is 2.34. The summed E-state index contributed by atoms with van der Waals surface area (Å²) in [5.74, 6) is 0.214. The average molecular weight is 288 g/mol. The van der Waals surface area contributed by atoms with E-state index in [1.807, 2.05) is 11.8 Å². The van der Waals surface area contributed by atoms with Crippen LogP contribution in [0.15, 0.2) is 6.33 Å². The summed E-state index contributed by atoms with van der Waals surface area (Å²) < 4.78 is 14.1. The maximum atomic E-state index is 14.1. The number of aryl methyl sites for hydroxylation is 1. The number of alkyl halides is 1. The van der Waals surface area contributed by atoms with Crippen molar-refractivity contribution >= 4 is 21.7 Å². The van der Waals surface area contributed by atoms with Crippen LogP contribution in [-0.4, -0.2) is 27.9 Å². The van der Waals surface area contributed by atoms with Gasteiger partial charge < -0.3 is 4.90 Å². The van der Waals surface area contributed by atoms with Crippen molar-refractivity contribution in [1.29, 1.82) is 0 Å². The van der Waals surface area contributed by atoms with Crippen molar-refractivity contribution in [3.8, 4) is 0 Å². The molecule has 1 fully saturated rings. The van der Waals surface area contributed by atoms with Crippen LogP contribution in [0.2, 0.25) is 0 Å². The van der Waals surface area contributed by atoms with Gasteiger partial charge in [0.1, 0.15) is 6.33 Å². The lowest BCUT2D eigenvalue weighted by Gasteiger charge is -2.23. The van der Waals surface area contributed by atoms with Gasteiger partial charge in [-0.3, -0.25) is 0 Å². The highest BCUT2D eigenvalue weighted by Gasteiger charge is 2.31. The Labute approximate surface area is 103 Å². The molecule has 0 radical (unpaired) electrons. The molecule has 5 heteroatoms. The number of hydrogen-bond acceptors (Lipinski definition) is 3. The molecular weight excluding hydrogens is 273 g/mol. The van der Waals surface area contributed by atoms with Gasteiger partial charge in [-0.1, -0.05) is 22.9 Å². The lowest BCUT2D eigenvalue weighted by atomic mass is 10.3. The molecule has 1 aromatic heterocycles.